The fourth-order valence-corrected chi connectivity index (χ4v) is 2.62. The van der Waals surface area contributed by atoms with Crippen molar-refractivity contribution in [3.8, 4) is 0 Å². The van der Waals surface area contributed by atoms with Crippen LogP contribution in [-0.2, 0) is 4.74 Å². The second kappa shape index (κ2) is 8.94. The zero-order chi connectivity index (χ0) is 12.4. The summed E-state index contributed by atoms with van der Waals surface area (Å²) in [5.74, 6) is 0. The molecule has 3 heteroatoms. The lowest BCUT2D eigenvalue weighted by atomic mass is 10.2. The largest absolute Gasteiger partial charge is 0.377 e. The molecule has 96 valence electrons. The zero-order valence-electron chi connectivity index (χ0n) is 11.2. The molecule has 0 aliphatic rings. The van der Waals surface area contributed by atoms with Crippen molar-refractivity contribution in [2.24, 2.45) is 0 Å². The summed E-state index contributed by atoms with van der Waals surface area (Å²) in [7, 11) is -2.29. The van der Waals surface area contributed by atoms with E-state index in [1.807, 2.05) is 6.92 Å². The minimum atomic E-state index is -2.29. The summed E-state index contributed by atoms with van der Waals surface area (Å²) in [6, 6.07) is 0.819. The predicted octanol–water partition coefficient (Wildman–Crippen LogP) is 4.70. The molecule has 0 N–H and O–H groups in total. The van der Waals surface area contributed by atoms with E-state index in [-0.39, 0.29) is 0 Å². The molecule has 0 atom stereocenters. The molecule has 0 aromatic heterocycles. The summed E-state index contributed by atoms with van der Waals surface area (Å²) in [4.78, 5) is 0. The van der Waals surface area contributed by atoms with Crippen LogP contribution in [0.5, 0.6) is 0 Å². The van der Waals surface area contributed by atoms with Crippen molar-refractivity contribution in [3.63, 3.8) is 0 Å². The minimum absolute atomic E-state index is 0.682. The van der Waals surface area contributed by atoms with Crippen LogP contribution in [0.4, 0.5) is 4.11 Å². The Hall–Kier alpha value is -0.153. The average Bonchev–Trinajstić information content (AvgIpc) is 2.13. The maximum atomic E-state index is 13.3. The molecular weight excluding hydrogens is 219 g/mol. The third-order valence-corrected chi connectivity index (χ3v) is 3.95. The fraction of sp³-hybridized carbons (Fsp3) is 0.846. The van der Waals surface area contributed by atoms with Gasteiger partial charge in [-0.2, -0.15) is 0 Å². The lowest BCUT2D eigenvalue weighted by Crippen LogP contribution is -2.16. The molecule has 16 heavy (non-hydrogen) atoms. The van der Waals surface area contributed by atoms with Crippen LogP contribution in [0.1, 0.15) is 39.0 Å². The summed E-state index contributed by atoms with van der Waals surface area (Å²) >= 11 is 0. The highest BCUT2D eigenvalue weighted by molar-refractivity contribution is 6.70. The average molecular weight is 246 g/mol. The topological polar surface area (TPSA) is 9.23 Å². The summed E-state index contributed by atoms with van der Waals surface area (Å²) in [6.07, 6.45) is 5.75. The molecule has 0 saturated heterocycles. The SMILES string of the molecule is C=C(C)COCCCCCCC[Si](C)(C)F. The molecule has 0 spiro atoms. The first-order valence-corrected chi connectivity index (χ1v) is 9.41. The maximum Gasteiger partial charge on any atom is 0.240 e. The standard InChI is InChI=1S/C13H27FOSi/c1-13(2)12-15-10-8-6-5-7-9-11-16(3,4)14/h1,5-12H2,2-4H3. The third kappa shape index (κ3) is 13.8. The zero-order valence-corrected chi connectivity index (χ0v) is 12.2. The molecule has 0 fully saturated rings. The normalized spacial score (nSPS) is 11.8. The van der Waals surface area contributed by atoms with E-state index in [1.165, 1.54) is 19.3 Å². The molecule has 0 saturated carbocycles. The summed E-state index contributed by atoms with van der Waals surface area (Å²) in [5.41, 5.74) is 1.08. The molecule has 0 aliphatic carbocycles. The Morgan fingerprint density at radius 1 is 1.12 bits per heavy atom. The summed E-state index contributed by atoms with van der Waals surface area (Å²) < 4.78 is 18.7. The van der Waals surface area contributed by atoms with Crippen LogP contribution in [0.3, 0.4) is 0 Å². The lowest BCUT2D eigenvalue weighted by molar-refractivity contribution is 0.151. The van der Waals surface area contributed by atoms with Crippen molar-refractivity contribution in [2.75, 3.05) is 13.2 Å². The van der Waals surface area contributed by atoms with Gasteiger partial charge in [-0.25, -0.2) is 0 Å². The minimum Gasteiger partial charge on any atom is -0.377 e. The van der Waals surface area contributed by atoms with E-state index in [4.69, 9.17) is 4.74 Å². The van der Waals surface area contributed by atoms with E-state index in [0.717, 1.165) is 31.1 Å². The van der Waals surface area contributed by atoms with Gasteiger partial charge in [0.05, 0.1) is 6.61 Å². The van der Waals surface area contributed by atoms with Crippen molar-refractivity contribution in [1.82, 2.24) is 0 Å². The van der Waals surface area contributed by atoms with Gasteiger partial charge < -0.3 is 8.84 Å². The van der Waals surface area contributed by atoms with E-state index in [9.17, 15) is 4.11 Å². The van der Waals surface area contributed by atoms with Crippen LogP contribution in [0.25, 0.3) is 0 Å². The molecule has 0 heterocycles. The Labute approximate surface area is 101 Å². The Balaban J connectivity index is 3.07. The molecule has 0 bridgehead atoms. The Kier molecular flexibility index (Phi) is 8.85. The highest BCUT2D eigenvalue weighted by Gasteiger charge is 2.18. The predicted molar refractivity (Wildman–Crippen MR) is 72.1 cm³/mol. The van der Waals surface area contributed by atoms with Crippen molar-refractivity contribution in [1.29, 1.82) is 0 Å². The number of hydrogen-bond donors (Lipinski definition) is 0. The Morgan fingerprint density at radius 2 is 1.69 bits per heavy atom. The van der Waals surface area contributed by atoms with Gasteiger partial charge in [0.1, 0.15) is 0 Å². The van der Waals surface area contributed by atoms with Crippen LogP contribution >= 0.6 is 0 Å². The quantitative estimate of drug-likeness (QED) is 0.235. The highest BCUT2D eigenvalue weighted by atomic mass is 28.4. The van der Waals surface area contributed by atoms with Crippen molar-refractivity contribution >= 4 is 8.41 Å². The number of hydrogen-bond acceptors (Lipinski definition) is 1. The van der Waals surface area contributed by atoms with E-state index in [2.05, 4.69) is 6.58 Å². The van der Waals surface area contributed by atoms with Gasteiger partial charge in [-0.15, -0.1) is 0 Å². The first-order chi connectivity index (χ1) is 7.42. The highest BCUT2D eigenvalue weighted by Crippen LogP contribution is 2.16. The summed E-state index contributed by atoms with van der Waals surface area (Å²) in [6.45, 7) is 10.8. The summed E-state index contributed by atoms with van der Waals surface area (Å²) in [5, 5.41) is 0. The molecule has 0 aromatic rings. The molecule has 0 rings (SSSR count). The van der Waals surface area contributed by atoms with Crippen LogP contribution in [-0.4, -0.2) is 21.6 Å². The van der Waals surface area contributed by atoms with Crippen molar-refractivity contribution in [2.45, 2.75) is 58.2 Å². The molecule has 1 nitrogen and oxygen atoms in total. The maximum absolute atomic E-state index is 13.3. The van der Waals surface area contributed by atoms with Gasteiger partial charge in [-0.3, -0.25) is 0 Å². The Bertz CT molecular complexity index is 187. The third-order valence-electron chi connectivity index (χ3n) is 2.41. The number of ether oxygens (including phenoxy) is 1. The van der Waals surface area contributed by atoms with E-state index in [0.29, 0.717) is 6.61 Å². The van der Waals surface area contributed by atoms with E-state index in [1.54, 1.807) is 13.1 Å². The van der Waals surface area contributed by atoms with Crippen LogP contribution in [0, 0.1) is 0 Å². The second-order valence-corrected chi connectivity index (χ2v) is 9.18. The molecular formula is C13H27FOSi. The van der Waals surface area contributed by atoms with Crippen LogP contribution in [0.15, 0.2) is 12.2 Å². The molecule has 0 aliphatic heterocycles. The Morgan fingerprint density at radius 3 is 2.25 bits per heavy atom. The van der Waals surface area contributed by atoms with Gasteiger partial charge in [0, 0.05) is 6.61 Å². The van der Waals surface area contributed by atoms with E-state index < -0.39 is 8.41 Å². The molecule has 0 amide bonds. The van der Waals surface area contributed by atoms with Crippen molar-refractivity contribution < 1.29 is 8.84 Å². The fourth-order valence-electron chi connectivity index (χ4n) is 1.53. The molecule has 0 radical (unpaired) electrons. The van der Waals surface area contributed by atoms with Gasteiger partial charge in [-0.05, 0) is 32.5 Å². The van der Waals surface area contributed by atoms with Crippen LogP contribution in [0.2, 0.25) is 19.1 Å². The first-order valence-electron chi connectivity index (χ1n) is 6.33. The van der Waals surface area contributed by atoms with E-state index >= 15 is 0 Å². The van der Waals surface area contributed by atoms with Gasteiger partial charge in [0.2, 0.25) is 8.41 Å². The number of rotatable bonds is 10. The monoisotopic (exact) mass is 246 g/mol. The van der Waals surface area contributed by atoms with Crippen molar-refractivity contribution in [3.05, 3.63) is 12.2 Å². The number of halogens is 1. The van der Waals surface area contributed by atoms with Crippen LogP contribution < -0.4 is 0 Å². The lowest BCUT2D eigenvalue weighted by Gasteiger charge is -2.09. The first kappa shape index (κ1) is 15.8. The smallest absolute Gasteiger partial charge is 0.240 e. The van der Waals surface area contributed by atoms with Gasteiger partial charge in [0.15, 0.2) is 0 Å². The van der Waals surface area contributed by atoms with Gasteiger partial charge in [0.25, 0.3) is 0 Å². The number of unbranched alkanes of at least 4 members (excludes halogenated alkanes) is 4. The van der Waals surface area contributed by atoms with Gasteiger partial charge in [-0.1, -0.05) is 37.8 Å². The second-order valence-electron chi connectivity index (χ2n) is 5.25. The van der Waals surface area contributed by atoms with Gasteiger partial charge >= 0.3 is 0 Å². The molecule has 0 unspecified atom stereocenters. The molecule has 0 aromatic carbocycles.